The van der Waals surface area contributed by atoms with E-state index in [0.717, 1.165) is 0 Å². The highest BCUT2D eigenvalue weighted by molar-refractivity contribution is 5.84. The van der Waals surface area contributed by atoms with Gasteiger partial charge in [0.05, 0.1) is 21.3 Å². The van der Waals surface area contributed by atoms with Gasteiger partial charge in [-0.05, 0) is 18.2 Å². The van der Waals surface area contributed by atoms with Crippen molar-refractivity contribution in [2.24, 2.45) is 0 Å². The van der Waals surface area contributed by atoms with Crippen molar-refractivity contribution in [3.05, 3.63) is 29.3 Å². The SMILES string of the molecule is COc1ccc(OC)c(-c2c(C#N)c(N)[nH+]c(OC)c2C#N)c1. The minimum absolute atomic E-state index is 0.100. The fourth-order valence-electron chi connectivity index (χ4n) is 2.28. The van der Waals surface area contributed by atoms with Crippen LogP contribution in [0.15, 0.2) is 18.2 Å². The molecular formula is C16H15N4O3+. The zero-order chi connectivity index (χ0) is 17.0. The number of benzene rings is 1. The lowest BCUT2D eigenvalue weighted by Crippen LogP contribution is -2.18. The van der Waals surface area contributed by atoms with Crippen LogP contribution in [0, 0.1) is 22.7 Å². The number of nitriles is 2. The van der Waals surface area contributed by atoms with E-state index in [9.17, 15) is 10.5 Å². The van der Waals surface area contributed by atoms with Crippen molar-refractivity contribution >= 4 is 5.82 Å². The van der Waals surface area contributed by atoms with E-state index in [1.165, 1.54) is 21.3 Å². The first-order chi connectivity index (χ1) is 11.1. The second kappa shape index (κ2) is 6.54. The van der Waals surface area contributed by atoms with Crippen molar-refractivity contribution < 1.29 is 19.2 Å². The number of aromatic nitrogens is 1. The Morgan fingerprint density at radius 2 is 1.70 bits per heavy atom. The molecule has 0 amide bonds. The second-order valence-electron chi connectivity index (χ2n) is 4.49. The maximum absolute atomic E-state index is 9.52. The fraction of sp³-hybridized carbons (Fsp3) is 0.188. The third kappa shape index (κ3) is 2.68. The summed E-state index contributed by atoms with van der Waals surface area (Å²) in [4.78, 5) is 2.71. The van der Waals surface area contributed by atoms with Gasteiger partial charge in [0.25, 0.3) is 5.82 Å². The molecule has 0 unspecified atom stereocenters. The number of rotatable bonds is 4. The fourth-order valence-corrected chi connectivity index (χ4v) is 2.28. The Bertz CT molecular complexity index is 835. The quantitative estimate of drug-likeness (QED) is 0.915. The lowest BCUT2D eigenvalue weighted by molar-refractivity contribution is -0.376. The molecule has 0 spiro atoms. The molecule has 7 nitrogen and oxygen atoms in total. The highest BCUT2D eigenvalue weighted by atomic mass is 16.5. The minimum atomic E-state index is 0.100. The molecule has 0 radical (unpaired) electrons. The van der Waals surface area contributed by atoms with Gasteiger partial charge in [0, 0.05) is 11.1 Å². The number of hydrogen-bond donors (Lipinski definition) is 1. The molecule has 0 atom stereocenters. The molecule has 2 rings (SSSR count). The van der Waals surface area contributed by atoms with Crippen molar-refractivity contribution in [2.75, 3.05) is 27.1 Å². The molecule has 1 aromatic heterocycles. The number of aromatic amines is 1. The van der Waals surface area contributed by atoms with Gasteiger partial charge in [0.15, 0.2) is 5.56 Å². The van der Waals surface area contributed by atoms with Crippen LogP contribution in [0.25, 0.3) is 11.1 Å². The van der Waals surface area contributed by atoms with Gasteiger partial charge < -0.3 is 14.2 Å². The van der Waals surface area contributed by atoms with E-state index in [1.807, 2.05) is 12.1 Å². The summed E-state index contributed by atoms with van der Waals surface area (Å²) in [7, 11) is 4.43. The summed E-state index contributed by atoms with van der Waals surface area (Å²) in [6, 6.07) is 9.15. The van der Waals surface area contributed by atoms with E-state index in [1.54, 1.807) is 18.2 Å². The summed E-state index contributed by atoms with van der Waals surface area (Å²) in [5.41, 5.74) is 7.03. The van der Waals surface area contributed by atoms with Gasteiger partial charge >= 0.3 is 5.88 Å². The van der Waals surface area contributed by atoms with Crippen LogP contribution in [0.5, 0.6) is 17.4 Å². The van der Waals surface area contributed by atoms with E-state index in [-0.39, 0.29) is 22.8 Å². The Kier molecular flexibility index (Phi) is 4.53. The molecule has 116 valence electrons. The van der Waals surface area contributed by atoms with Crippen molar-refractivity contribution in [3.8, 4) is 40.6 Å². The number of ether oxygens (including phenoxy) is 3. The predicted molar refractivity (Wildman–Crippen MR) is 81.9 cm³/mol. The summed E-state index contributed by atoms with van der Waals surface area (Å²) >= 11 is 0. The third-order valence-electron chi connectivity index (χ3n) is 3.35. The van der Waals surface area contributed by atoms with E-state index >= 15 is 0 Å². The number of nitrogens with two attached hydrogens (primary N) is 1. The lowest BCUT2D eigenvalue weighted by Gasteiger charge is -2.14. The largest absolute Gasteiger partial charge is 0.497 e. The van der Waals surface area contributed by atoms with Gasteiger partial charge in [-0.15, -0.1) is 0 Å². The van der Waals surface area contributed by atoms with Crippen LogP contribution in [0.4, 0.5) is 5.82 Å². The number of nitrogen functional groups attached to an aromatic ring is 1. The maximum Gasteiger partial charge on any atom is 0.300 e. The van der Waals surface area contributed by atoms with Gasteiger partial charge in [0.1, 0.15) is 29.2 Å². The highest BCUT2D eigenvalue weighted by Gasteiger charge is 2.26. The summed E-state index contributed by atoms with van der Waals surface area (Å²) in [6.07, 6.45) is 0. The molecule has 7 heteroatoms. The first kappa shape index (κ1) is 15.9. The number of hydrogen-bond acceptors (Lipinski definition) is 6. The van der Waals surface area contributed by atoms with Crippen LogP contribution < -0.4 is 24.9 Å². The smallest absolute Gasteiger partial charge is 0.300 e. The maximum atomic E-state index is 9.52. The van der Waals surface area contributed by atoms with Crippen LogP contribution >= 0.6 is 0 Å². The van der Waals surface area contributed by atoms with Gasteiger partial charge in [-0.3, -0.25) is 5.73 Å². The average molecular weight is 311 g/mol. The van der Waals surface area contributed by atoms with Crippen molar-refractivity contribution in [1.82, 2.24) is 0 Å². The monoisotopic (exact) mass is 311 g/mol. The molecule has 1 heterocycles. The Morgan fingerprint density at radius 1 is 1.00 bits per heavy atom. The Labute approximate surface area is 133 Å². The Hall–Kier alpha value is -3.45. The van der Waals surface area contributed by atoms with Gasteiger partial charge in [-0.2, -0.15) is 10.5 Å². The standard InChI is InChI=1S/C16H14N4O3/c1-21-9-4-5-13(22-2)10(6-9)14-11(7-17)15(19)20-16(23-3)12(14)8-18/h4-6H,1-3H3,(H2,19,20)/p+1. The average Bonchev–Trinajstić information content (AvgIpc) is 2.59. The minimum Gasteiger partial charge on any atom is -0.497 e. The molecule has 0 aliphatic rings. The van der Waals surface area contributed by atoms with Crippen LogP contribution in [0.1, 0.15) is 11.1 Å². The first-order valence-corrected chi connectivity index (χ1v) is 6.56. The van der Waals surface area contributed by atoms with Crippen LogP contribution in [-0.4, -0.2) is 21.3 Å². The third-order valence-corrected chi connectivity index (χ3v) is 3.35. The Balaban J connectivity index is 2.95. The summed E-state index contributed by atoms with van der Waals surface area (Å²) < 4.78 is 15.7. The normalized spacial score (nSPS) is 9.61. The molecule has 0 saturated carbocycles. The highest BCUT2D eigenvalue weighted by Crippen LogP contribution is 2.39. The van der Waals surface area contributed by atoms with Crippen molar-refractivity contribution in [1.29, 1.82) is 10.5 Å². The molecule has 3 N–H and O–H groups in total. The molecule has 2 aromatic rings. The number of H-pyrrole nitrogens is 1. The summed E-state index contributed by atoms with van der Waals surface area (Å²) in [6.45, 7) is 0. The van der Waals surface area contributed by atoms with E-state index < -0.39 is 0 Å². The summed E-state index contributed by atoms with van der Waals surface area (Å²) in [5.74, 6) is 1.30. The number of pyridine rings is 1. The second-order valence-corrected chi connectivity index (χ2v) is 4.49. The molecule has 0 fully saturated rings. The van der Waals surface area contributed by atoms with Crippen LogP contribution in [0.3, 0.4) is 0 Å². The van der Waals surface area contributed by atoms with Crippen molar-refractivity contribution in [3.63, 3.8) is 0 Å². The van der Waals surface area contributed by atoms with E-state index in [4.69, 9.17) is 19.9 Å². The molecular weight excluding hydrogens is 296 g/mol. The zero-order valence-electron chi connectivity index (χ0n) is 12.9. The van der Waals surface area contributed by atoms with E-state index in [2.05, 4.69) is 4.98 Å². The van der Waals surface area contributed by atoms with Crippen LogP contribution in [-0.2, 0) is 0 Å². The molecule has 0 aliphatic carbocycles. The first-order valence-electron chi connectivity index (χ1n) is 6.56. The summed E-state index contributed by atoms with van der Waals surface area (Å²) in [5, 5.41) is 19.0. The van der Waals surface area contributed by atoms with Gasteiger partial charge in [-0.25, -0.2) is 4.98 Å². The number of nitrogens with zero attached hydrogens (tertiary/aromatic N) is 2. The molecule has 0 aliphatic heterocycles. The molecule has 0 saturated heterocycles. The predicted octanol–water partition coefficient (Wildman–Crippen LogP) is 1.52. The molecule has 23 heavy (non-hydrogen) atoms. The molecule has 1 aromatic carbocycles. The van der Waals surface area contributed by atoms with Gasteiger partial charge in [-0.1, -0.05) is 0 Å². The number of methoxy groups -OCH3 is 3. The van der Waals surface area contributed by atoms with Crippen LogP contribution in [0.2, 0.25) is 0 Å². The van der Waals surface area contributed by atoms with E-state index in [0.29, 0.717) is 22.6 Å². The Morgan fingerprint density at radius 3 is 2.22 bits per heavy atom. The van der Waals surface area contributed by atoms with Gasteiger partial charge in [0.2, 0.25) is 0 Å². The zero-order valence-corrected chi connectivity index (χ0v) is 12.9. The number of anilines is 1. The van der Waals surface area contributed by atoms with Crippen molar-refractivity contribution in [2.45, 2.75) is 0 Å². The molecule has 0 bridgehead atoms. The lowest BCUT2D eigenvalue weighted by atomic mass is 9.95. The number of nitrogens with one attached hydrogen (secondary N) is 1. The topological polar surface area (TPSA) is 115 Å².